The van der Waals surface area contributed by atoms with Crippen LogP contribution in [0.3, 0.4) is 0 Å². The van der Waals surface area contributed by atoms with Gasteiger partial charge in [0.1, 0.15) is 11.4 Å². The Hall–Kier alpha value is -2.35. The highest BCUT2D eigenvalue weighted by Crippen LogP contribution is 2.12. The van der Waals surface area contributed by atoms with Gasteiger partial charge in [-0.05, 0) is 26.0 Å². The number of carboxylic acid groups (broad SMARTS) is 1. The Kier molecular flexibility index (Phi) is 5.61. The third-order valence-electron chi connectivity index (χ3n) is 3.36. The summed E-state index contributed by atoms with van der Waals surface area (Å²) in [6, 6.07) is 7.10. The highest BCUT2D eigenvalue weighted by atomic mass is 32.2. The van der Waals surface area contributed by atoms with Crippen LogP contribution in [0.5, 0.6) is 0 Å². The molecule has 1 aromatic carbocycles. The standard InChI is InChI=1S/C16H19N3O4S/c1-16(2,15(22)23)19-13(20)7-8-24-9-12-17-11-6-4-3-5-10(11)14(21)18-12/h3-6H,7-9H2,1-2H3,(H,19,20)(H,22,23)(H,17,18,21). The van der Waals surface area contributed by atoms with E-state index in [2.05, 4.69) is 15.3 Å². The van der Waals surface area contributed by atoms with Crippen LogP contribution in [-0.4, -0.2) is 38.2 Å². The van der Waals surface area contributed by atoms with Crippen molar-refractivity contribution in [1.82, 2.24) is 15.3 Å². The number of nitrogens with zero attached hydrogens (tertiary/aromatic N) is 1. The van der Waals surface area contributed by atoms with E-state index in [1.165, 1.54) is 25.6 Å². The fraction of sp³-hybridized carbons (Fsp3) is 0.375. The van der Waals surface area contributed by atoms with Gasteiger partial charge in [-0.15, -0.1) is 0 Å². The number of carbonyl (C=O) groups excluding carboxylic acids is 1. The van der Waals surface area contributed by atoms with Gasteiger partial charge < -0.3 is 15.4 Å². The van der Waals surface area contributed by atoms with E-state index < -0.39 is 11.5 Å². The smallest absolute Gasteiger partial charge is 0.328 e. The van der Waals surface area contributed by atoms with Crippen LogP contribution < -0.4 is 10.9 Å². The fourth-order valence-corrected chi connectivity index (χ4v) is 2.81. The summed E-state index contributed by atoms with van der Waals surface area (Å²) in [5.74, 6) is 0.111. The molecule has 3 N–H and O–H groups in total. The van der Waals surface area contributed by atoms with Crippen molar-refractivity contribution >= 4 is 34.5 Å². The third-order valence-corrected chi connectivity index (χ3v) is 4.33. The SMILES string of the molecule is CC(C)(NC(=O)CCSCc1nc2ccccc2c(=O)[nH]1)C(=O)O. The van der Waals surface area contributed by atoms with E-state index in [1.54, 1.807) is 18.2 Å². The summed E-state index contributed by atoms with van der Waals surface area (Å²) in [5, 5.41) is 12.0. The molecule has 0 aliphatic rings. The first-order valence-electron chi connectivity index (χ1n) is 7.40. The number of hydrogen-bond donors (Lipinski definition) is 3. The molecule has 7 nitrogen and oxygen atoms in total. The molecule has 8 heteroatoms. The number of benzene rings is 1. The molecule has 24 heavy (non-hydrogen) atoms. The molecule has 0 saturated heterocycles. The van der Waals surface area contributed by atoms with Crippen LogP contribution in [0.4, 0.5) is 0 Å². The van der Waals surface area contributed by atoms with E-state index in [1.807, 2.05) is 6.07 Å². The molecule has 0 radical (unpaired) electrons. The van der Waals surface area contributed by atoms with Gasteiger partial charge in [-0.1, -0.05) is 12.1 Å². The summed E-state index contributed by atoms with van der Waals surface area (Å²) < 4.78 is 0. The van der Waals surface area contributed by atoms with Crippen LogP contribution in [0.2, 0.25) is 0 Å². The number of aliphatic carboxylic acids is 1. The Morgan fingerprint density at radius 1 is 1.33 bits per heavy atom. The number of nitrogens with one attached hydrogen (secondary N) is 2. The molecule has 0 unspecified atom stereocenters. The molecule has 1 heterocycles. The maximum absolute atomic E-state index is 11.9. The monoisotopic (exact) mass is 349 g/mol. The van der Waals surface area contributed by atoms with Crippen molar-refractivity contribution in [2.24, 2.45) is 0 Å². The number of para-hydroxylation sites is 1. The van der Waals surface area contributed by atoms with Gasteiger partial charge in [0.05, 0.1) is 16.7 Å². The van der Waals surface area contributed by atoms with Crippen LogP contribution in [0.25, 0.3) is 10.9 Å². The number of hydrogen-bond acceptors (Lipinski definition) is 5. The Morgan fingerprint density at radius 2 is 2.04 bits per heavy atom. The van der Waals surface area contributed by atoms with E-state index in [9.17, 15) is 14.4 Å². The number of aromatic amines is 1. The number of carbonyl (C=O) groups is 2. The predicted octanol–water partition coefficient (Wildman–Crippen LogP) is 1.53. The van der Waals surface area contributed by atoms with E-state index in [4.69, 9.17) is 5.11 Å². The minimum Gasteiger partial charge on any atom is -0.480 e. The van der Waals surface area contributed by atoms with Crippen LogP contribution in [0.15, 0.2) is 29.1 Å². The Balaban J connectivity index is 1.86. The van der Waals surface area contributed by atoms with Gasteiger partial charge in [-0.2, -0.15) is 11.8 Å². The number of H-pyrrole nitrogens is 1. The Labute approximate surface area is 142 Å². The average Bonchev–Trinajstić information content (AvgIpc) is 2.51. The summed E-state index contributed by atoms with van der Waals surface area (Å²) in [6.07, 6.45) is 0.194. The summed E-state index contributed by atoms with van der Waals surface area (Å²) >= 11 is 1.45. The average molecular weight is 349 g/mol. The molecule has 0 aliphatic heterocycles. The van der Waals surface area contributed by atoms with Crippen molar-refractivity contribution in [2.45, 2.75) is 31.6 Å². The first-order valence-corrected chi connectivity index (χ1v) is 8.55. The van der Waals surface area contributed by atoms with Gasteiger partial charge in [0, 0.05) is 12.2 Å². The van der Waals surface area contributed by atoms with Crippen LogP contribution in [-0.2, 0) is 15.3 Å². The highest BCUT2D eigenvalue weighted by molar-refractivity contribution is 7.98. The van der Waals surface area contributed by atoms with Crippen LogP contribution >= 0.6 is 11.8 Å². The predicted molar refractivity (Wildman–Crippen MR) is 93.0 cm³/mol. The summed E-state index contributed by atoms with van der Waals surface area (Å²) in [7, 11) is 0. The van der Waals surface area contributed by atoms with E-state index in [-0.39, 0.29) is 17.9 Å². The van der Waals surface area contributed by atoms with Crippen molar-refractivity contribution < 1.29 is 14.7 Å². The van der Waals surface area contributed by atoms with Gasteiger partial charge in [0.2, 0.25) is 5.91 Å². The molecule has 0 fully saturated rings. The number of carboxylic acids is 1. The molecule has 2 aromatic rings. The van der Waals surface area contributed by atoms with E-state index in [0.29, 0.717) is 28.2 Å². The quantitative estimate of drug-likeness (QED) is 0.654. The van der Waals surface area contributed by atoms with Crippen LogP contribution in [0, 0.1) is 0 Å². The minimum atomic E-state index is -1.28. The van der Waals surface area contributed by atoms with Crippen LogP contribution in [0.1, 0.15) is 26.1 Å². The number of thioether (sulfide) groups is 1. The lowest BCUT2D eigenvalue weighted by molar-refractivity contribution is -0.145. The molecular weight excluding hydrogens is 330 g/mol. The van der Waals surface area contributed by atoms with E-state index >= 15 is 0 Å². The highest BCUT2D eigenvalue weighted by Gasteiger charge is 2.28. The lowest BCUT2D eigenvalue weighted by atomic mass is 10.1. The molecule has 0 spiro atoms. The molecule has 1 amide bonds. The number of aromatic nitrogens is 2. The molecule has 0 atom stereocenters. The number of fused-ring (bicyclic) bond motifs is 1. The van der Waals surface area contributed by atoms with Crippen molar-refractivity contribution in [3.8, 4) is 0 Å². The Bertz CT molecular complexity index is 816. The molecular formula is C16H19N3O4S. The number of amides is 1. The molecule has 0 aliphatic carbocycles. The summed E-state index contributed by atoms with van der Waals surface area (Å²) in [5.41, 5.74) is -0.831. The molecule has 1 aromatic heterocycles. The molecule has 0 bridgehead atoms. The van der Waals surface area contributed by atoms with Gasteiger partial charge >= 0.3 is 5.97 Å². The maximum atomic E-state index is 11.9. The molecule has 128 valence electrons. The van der Waals surface area contributed by atoms with Crippen molar-refractivity contribution in [2.75, 3.05) is 5.75 Å². The number of rotatable bonds is 7. The zero-order valence-electron chi connectivity index (χ0n) is 13.5. The molecule has 2 rings (SSSR count). The normalized spacial score (nSPS) is 11.4. The summed E-state index contributed by atoms with van der Waals surface area (Å²) in [4.78, 5) is 41.7. The lowest BCUT2D eigenvalue weighted by Crippen LogP contribution is -2.49. The van der Waals surface area contributed by atoms with Gasteiger partial charge in [-0.25, -0.2) is 9.78 Å². The zero-order chi connectivity index (χ0) is 17.7. The lowest BCUT2D eigenvalue weighted by Gasteiger charge is -2.20. The second-order valence-electron chi connectivity index (χ2n) is 5.81. The first-order chi connectivity index (χ1) is 11.3. The Morgan fingerprint density at radius 3 is 2.75 bits per heavy atom. The zero-order valence-corrected chi connectivity index (χ0v) is 14.3. The second kappa shape index (κ2) is 7.48. The van der Waals surface area contributed by atoms with Crippen molar-refractivity contribution in [3.63, 3.8) is 0 Å². The van der Waals surface area contributed by atoms with Crippen molar-refractivity contribution in [3.05, 3.63) is 40.4 Å². The second-order valence-corrected chi connectivity index (χ2v) is 6.92. The van der Waals surface area contributed by atoms with Gasteiger partial charge in [-0.3, -0.25) is 9.59 Å². The fourth-order valence-electron chi connectivity index (χ4n) is 2.00. The maximum Gasteiger partial charge on any atom is 0.328 e. The van der Waals surface area contributed by atoms with Gasteiger partial charge in [0.25, 0.3) is 5.56 Å². The van der Waals surface area contributed by atoms with Gasteiger partial charge in [0.15, 0.2) is 0 Å². The summed E-state index contributed by atoms with van der Waals surface area (Å²) in [6.45, 7) is 2.87. The topological polar surface area (TPSA) is 112 Å². The third kappa shape index (κ3) is 4.58. The van der Waals surface area contributed by atoms with E-state index in [0.717, 1.165) is 0 Å². The first kappa shape index (κ1) is 18.0. The molecule has 0 saturated carbocycles. The van der Waals surface area contributed by atoms with Crippen molar-refractivity contribution in [1.29, 1.82) is 0 Å². The minimum absolute atomic E-state index is 0.183. The largest absolute Gasteiger partial charge is 0.480 e.